The molecule has 0 saturated carbocycles. The van der Waals surface area contributed by atoms with Gasteiger partial charge in [-0.1, -0.05) is 0 Å². The van der Waals surface area contributed by atoms with Crippen LogP contribution in [0.2, 0.25) is 0 Å². The Morgan fingerprint density at radius 3 is 2.50 bits per heavy atom. The molecule has 0 unspecified atom stereocenters. The maximum atomic E-state index is 11.2. The van der Waals surface area contributed by atoms with Crippen molar-refractivity contribution in [3.05, 3.63) is 0 Å². The summed E-state index contributed by atoms with van der Waals surface area (Å²) in [5.41, 5.74) is 5.32. The van der Waals surface area contributed by atoms with E-state index in [-0.39, 0.29) is 30.7 Å². The Bertz CT molecular complexity index is 186. The molecule has 3 N–H and O–H groups in total. The predicted octanol–water partition coefficient (Wildman–Crippen LogP) is 0.653. The van der Waals surface area contributed by atoms with E-state index in [0.29, 0.717) is 13.0 Å². The first-order valence-corrected chi connectivity index (χ1v) is 5.85. The summed E-state index contributed by atoms with van der Waals surface area (Å²) in [7, 11) is 3.75. The van der Waals surface area contributed by atoms with Crippen LogP contribution in [0.25, 0.3) is 0 Å². The monoisotopic (exact) mass is 303 g/mol. The number of carbonyl (C=O) groups excluding carboxylic acids is 1. The van der Waals surface area contributed by atoms with Crippen LogP contribution < -0.4 is 11.1 Å². The highest BCUT2D eigenvalue weighted by molar-refractivity contribution is 5.85. The first-order chi connectivity index (χ1) is 7.70. The second-order valence-corrected chi connectivity index (χ2v) is 3.89. The maximum absolute atomic E-state index is 11.2. The summed E-state index contributed by atoms with van der Waals surface area (Å²) >= 11 is 0. The average molecular weight is 304 g/mol. The lowest BCUT2D eigenvalue weighted by molar-refractivity contribution is -0.121. The number of likely N-dealkylation sites (N-methyl/N-ethyl adjacent to an activating group) is 1. The molecule has 0 aliphatic heterocycles. The summed E-state index contributed by atoms with van der Waals surface area (Å²) in [6, 6.07) is 0. The number of ether oxygens (including phenoxy) is 1. The van der Waals surface area contributed by atoms with Gasteiger partial charge < -0.3 is 20.7 Å². The summed E-state index contributed by atoms with van der Waals surface area (Å²) < 4.78 is 4.98. The van der Waals surface area contributed by atoms with Gasteiger partial charge in [-0.3, -0.25) is 4.79 Å². The number of halogens is 2. The van der Waals surface area contributed by atoms with Crippen LogP contribution in [0.15, 0.2) is 0 Å². The number of nitrogens with one attached hydrogen (secondary N) is 1. The number of hydrogen-bond donors (Lipinski definition) is 2. The van der Waals surface area contributed by atoms with Gasteiger partial charge in [0.2, 0.25) is 5.91 Å². The largest absolute Gasteiger partial charge is 0.383 e. The summed E-state index contributed by atoms with van der Waals surface area (Å²) in [5, 5.41) is 2.88. The van der Waals surface area contributed by atoms with E-state index in [2.05, 4.69) is 17.3 Å². The molecule has 0 aromatic carbocycles. The molecular weight excluding hydrogens is 277 g/mol. The van der Waals surface area contributed by atoms with Gasteiger partial charge in [-0.25, -0.2) is 0 Å². The van der Waals surface area contributed by atoms with Crippen LogP contribution in [0, 0.1) is 0 Å². The molecule has 0 bridgehead atoms. The van der Waals surface area contributed by atoms with Crippen molar-refractivity contribution in [1.82, 2.24) is 10.2 Å². The molecule has 7 heteroatoms. The molecule has 0 saturated heterocycles. The van der Waals surface area contributed by atoms with Gasteiger partial charge in [-0.05, 0) is 33.0 Å². The van der Waals surface area contributed by atoms with Gasteiger partial charge in [0.15, 0.2) is 0 Å². The van der Waals surface area contributed by atoms with Gasteiger partial charge in [-0.2, -0.15) is 0 Å². The van der Waals surface area contributed by atoms with E-state index >= 15 is 0 Å². The minimum Gasteiger partial charge on any atom is -0.383 e. The van der Waals surface area contributed by atoms with E-state index in [4.69, 9.17) is 10.5 Å². The molecule has 18 heavy (non-hydrogen) atoms. The number of nitrogens with zero attached hydrogens (tertiary/aromatic N) is 1. The van der Waals surface area contributed by atoms with Crippen LogP contribution in [-0.2, 0) is 9.53 Å². The van der Waals surface area contributed by atoms with E-state index in [1.807, 2.05) is 0 Å². The zero-order chi connectivity index (χ0) is 12.2. The van der Waals surface area contributed by atoms with Crippen LogP contribution in [0.4, 0.5) is 0 Å². The van der Waals surface area contributed by atoms with Gasteiger partial charge in [-0.15, -0.1) is 24.8 Å². The quantitative estimate of drug-likeness (QED) is 0.582. The predicted molar refractivity (Wildman–Crippen MR) is 79.8 cm³/mol. The number of carbonyl (C=O) groups is 1. The molecule has 0 aliphatic rings. The minimum atomic E-state index is 0. The summed E-state index contributed by atoms with van der Waals surface area (Å²) in [5.74, 6) is 0.102. The Morgan fingerprint density at radius 2 is 1.94 bits per heavy atom. The highest BCUT2D eigenvalue weighted by Gasteiger charge is 2.00. The molecule has 112 valence electrons. The Balaban J connectivity index is -0.00000112. The van der Waals surface area contributed by atoms with Crippen molar-refractivity contribution < 1.29 is 9.53 Å². The summed E-state index contributed by atoms with van der Waals surface area (Å²) in [6.45, 7) is 3.96. The highest BCUT2D eigenvalue weighted by Crippen LogP contribution is 1.89. The first kappa shape index (κ1) is 23.1. The highest BCUT2D eigenvalue weighted by atomic mass is 35.5. The lowest BCUT2D eigenvalue weighted by atomic mass is 10.3. The molecule has 0 atom stereocenters. The third-order valence-corrected chi connectivity index (χ3v) is 2.32. The van der Waals surface area contributed by atoms with Crippen molar-refractivity contribution in [2.75, 3.05) is 46.9 Å². The van der Waals surface area contributed by atoms with Crippen LogP contribution in [-0.4, -0.2) is 57.8 Å². The first-order valence-electron chi connectivity index (χ1n) is 5.85. The van der Waals surface area contributed by atoms with E-state index in [9.17, 15) is 4.79 Å². The smallest absolute Gasteiger partial charge is 0.220 e. The second kappa shape index (κ2) is 16.9. The van der Waals surface area contributed by atoms with Gasteiger partial charge in [0.1, 0.15) is 0 Å². The maximum Gasteiger partial charge on any atom is 0.220 e. The zero-order valence-corrected chi connectivity index (χ0v) is 12.9. The van der Waals surface area contributed by atoms with Crippen molar-refractivity contribution in [3.63, 3.8) is 0 Å². The van der Waals surface area contributed by atoms with Gasteiger partial charge in [0, 0.05) is 26.6 Å². The molecule has 0 heterocycles. The van der Waals surface area contributed by atoms with Crippen molar-refractivity contribution in [1.29, 1.82) is 0 Å². The molecule has 0 radical (unpaired) electrons. The van der Waals surface area contributed by atoms with Crippen LogP contribution in [0.3, 0.4) is 0 Å². The fourth-order valence-corrected chi connectivity index (χ4v) is 1.29. The fourth-order valence-electron chi connectivity index (χ4n) is 1.29. The normalized spacial score (nSPS) is 9.56. The zero-order valence-electron chi connectivity index (χ0n) is 11.3. The Labute approximate surface area is 123 Å². The van der Waals surface area contributed by atoms with Crippen LogP contribution in [0.1, 0.15) is 19.3 Å². The Hall–Kier alpha value is -0.0700. The molecular formula is C11H27Cl2N3O2. The fraction of sp³-hybridized carbons (Fsp3) is 0.909. The van der Waals surface area contributed by atoms with Gasteiger partial charge >= 0.3 is 0 Å². The minimum absolute atomic E-state index is 0. The molecule has 0 aliphatic carbocycles. The molecule has 0 fully saturated rings. The Kier molecular flexibility index (Phi) is 21.7. The van der Waals surface area contributed by atoms with E-state index in [0.717, 1.165) is 39.1 Å². The lowest BCUT2D eigenvalue weighted by Gasteiger charge is -2.15. The lowest BCUT2D eigenvalue weighted by Crippen LogP contribution is -2.29. The third kappa shape index (κ3) is 15.9. The van der Waals surface area contributed by atoms with E-state index in [1.54, 1.807) is 7.11 Å². The SMILES string of the molecule is COCCN(C)CCCNC(=O)CCCN.Cl.Cl. The molecule has 5 nitrogen and oxygen atoms in total. The second-order valence-electron chi connectivity index (χ2n) is 3.89. The molecule has 0 rings (SSSR count). The number of methoxy groups -OCH3 is 1. The number of hydrogen-bond acceptors (Lipinski definition) is 4. The van der Waals surface area contributed by atoms with Crippen molar-refractivity contribution in [2.24, 2.45) is 5.73 Å². The topological polar surface area (TPSA) is 67.6 Å². The molecule has 1 amide bonds. The standard InChI is InChI=1S/C11H25N3O2.2ClH/c1-14(9-10-16-2)8-4-7-13-11(15)5-3-6-12;;/h3-10,12H2,1-2H3,(H,13,15);2*1H. The van der Waals surface area contributed by atoms with Crippen molar-refractivity contribution in [2.45, 2.75) is 19.3 Å². The van der Waals surface area contributed by atoms with Crippen LogP contribution in [0.5, 0.6) is 0 Å². The van der Waals surface area contributed by atoms with Crippen LogP contribution >= 0.6 is 24.8 Å². The van der Waals surface area contributed by atoms with Gasteiger partial charge in [0.25, 0.3) is 0 Å². The Morgan fingerprint density at radius 1 is 1.28 bits per heavy atom. The van der Waals surface area contributed by atoms with E-state index < -0.39 is 0 Å². The summed E-state index contributed by atoms with van der Waals surface area (Å²) in [4.78, 5) is 13.4. The molecule has 0 aromatic heterocycles. The number of amides is 1. The van der Waals surface area contributed by atoms with E-state index in [1.165, 1.54) is 0 Å². The van der Waals surface area contributed by atoms with Crippen molar-refractivity contribution in [3.8, 4) is 0 Å². The molecule has 0 spiro atoms. The van der Waals surface area contributed by atoms with Gasteiger partial charge in [0.05, 0.1) is 6.61 Å². The average Bonchev–Trinajstić information content (AvgIpc) is 2.29. The number of nitrogens with two attached hydrogens (primary N) is 1. The summed E-state index contributed by atoms with van der Waals surface area (Å²) in [6.07, 6.45) is 2.27. The third-order valence-electron chi connectivity index (χ3n) is 2.32. The van der Waals surface area contributed by atoms with Crippen molar-refractivity contribution >= 4 is 30.7 Å². The number of rotatable bonds is 10. The molecule has 0 aromatic rings.